The molecule has 0 spiro atoms. The Hall–Kier alpha value is -2.01. The number of hydrogen-bond donors (Lipinski definition) is 3. The van der Waals surface area contributed by atoms with E-state index in [-0.39, 0.29) is 27.9 Å². The maximum Gasteiger partial charge on any atom is 0.342 e. The number of allylic oxidation sites excluding steroid dienone is 1. The first-order valence-electron chi connectivity index (χ1n) is 10.0. The van der Waals surface area contributed by atoms with E-state index in [9.17, 15) is 20.1 Å². The molecule has 3 aliphatic carbocycles. The van der Waals surface area contributed by atoms with E-state index < -0.39 is 17.7 Å². The molecule has 2 saturated carbocycles. The lowest BCUT2D eigenvalue weighted by molar-refractivity contribution is -0.247. The normalized spacial score (nSPS) is 38.1. The van der Waals surface area contributed by atoms with E-state index in [1.54, 1.807) is 6.92 Å². The van der Waals surface area contributed by atoms with Crippen LogP contribution in [0.2, 0.25) is 0 Å². The Morgan fingerprint density at radius 2 is 1.79 bits per heavy atom. The molecule has 28 heavy (non-hydrogen) atoms. The van der Waals surface area contributed by atoms with Crippen molar-refractivity contribution in [1.82, 2.24) is 0 Å². The van der Waals surface area contributed by atoms with E-state index >= 15 is 0 Å². The van der Waals surface area contributed by atoms with Gasteiger partial charge in [-0.25, -0.2) is 4.79 Å². The highest BCUT2D eigenvalue weighted by Gasteiger charge is 2.71. The Bertz CT molecular complexity index is 862. The van der Waals surface area contributed by atoms with Crippen LogP contribution in [0, 0.1) is 29.6 Å². The number of rotatable bonds is 2. The van der Waals surface area contributed by atoms with Gasteiger partial charge in [-0.05, 0) is 67.6 Å². The van der Waals surface area contributed by atoms with Crippen LogP contribution in [0.1, 0.15) is 62.9 Å². The predicted octanol–water partition coefficient (Wildman–Crippen LogP) is 4.09. The Morgan fingerprint density at radius 3 is 2.43 bits per heavy atom. The van der Waals surface area contributed by atoms with Gasteiger partial charge in [-0.15, -0.1) is 0 Å². The third-order valence-corrected chi connectivity index (χ3v) is 7.66. The highest BCUT2D eigenvalue weighted by atomic mass is 16.6. The lowest BCUT2D eigenvalue weighted by Crippen LogP contribution is -2.72. The molecule has 5 heteroatoms. The number of carbonyl (C=O) groups is 1. The fourth-order valence-corrected chi connectivity index (χ4v) is 6.33. The molecule has 3 N–H and O–H groups in total. The van der Waals surface area contributed by atoms with Crippen LogP contribution in [0.15, 0.2) is 23.8 Å². The minimum atomic E-state index is -1.18. The average molecular weight is 386 g/mol. The van der Waals surface area contributed by atoms with Gasteiger partial charge in [-0.1, -0.05) is 26.8 Å². The molecule has 5 unspecified atom stereocenters. The molecule has 5 nitrogen and oxygen atoms in total. The number of esters is 1. The zero-order valence-electron chi connectivity index (χ0n) is 17.2. The fraction of sp³-hybridized carbons (Fsp3) is 0.609. The smallest absolute Gasteiger partial charge is 0.342 e. The van der Waals surface area contributed by atoms with Crippen molar-refractivity contribution >= 4 is 5.97 Å². The van der Waals surface area contributed by atoms with E-state index in [0.29, 0.717) is 23.8 Å². The molecule has 0 amide bonds. The Balaban J connectivity index is 1.62. The molecule has 152 valence electrons. The molecule has 1 aromatic rings. The lowest BCUT2D eigenvalue weighted by Gasteiger charge is -2.65. The van der Waals surface area contributed by atoms with Gasteiger partial charge in [0, 0.05) is 11.5 Å². The van der Waals surface area contributed by atoms with E-state index in [1.165, 1.54) is 6.07 Å². The minimum Gasteiger partial charge on any atom is -0.508 e. The summed E-state index contributed by atoms with van der Waals surface area (Å²) in [4.78, 5) is 12.8. The second-order valence-electron chi connectivity index (χ2n) is 10.1. The monoisotopic (exact) mass is 386 g/mol. The summed E-state index contributed by atoms with van der Waals surface area (Å²) in [6.07, 6.45) is 4.32. The van der Waals surface area contributed by atoms with Crippen LogP contribution in [0.25, 0.3) is 0 Å². The van der Waals surface area contributed by atoms with Gasteiger partial charge in [0.2, 0.25) is 0 Å². The molecule has 0 heterocycles. The summed E-state index contributed by atoms with van der Waals surface area (Å²) in [5.74, 6) is -0.264. The van der Waals surface area contributed by atoms with Gasteiger partial charge in [0.15, 0.2) is 0 Å². The van der Waals surface area contributed by atoms with Gasteiger partial charge in [0.1, 0.15) is 28.8 Å². The number of phenols is 2. The van der Waals surface area contributed by atoms with Crippen molar-refractivity contribution in [3.8, 4) is 11.5 Å². The van der Waals surface area contributed by atoms with E-state index in [0.717, 1.165) is 24.5 Å². The first kappa shape index (κ1) is 19.3. The molecule has 0 aromatic heterocycles. The highest BCUT2D eigenvalue weighted by molar-refractivity contribution is 5.94. The molecule has 4 rings (SSSR count). The van der Waals surface area contributed by atoms with E-state index in [1.807, 2.05) is 6.92 Å². The van der Waals surface area contributed by atoms with Crippen LogP contribution in [0.5, 0.6) is 11.5 Å². The Labute approximate surface area is 166 Å². The summed E-state index contributed by atoms with van der Waals surface area (Å²) >= 11 is 0. The molecule has 0 aliphatic heterocycles. The molecular formula is C23H30O5. The second-order valence-corrected chi connectivity index (χ2v) is 10.1. The van der Waals surface area contributed by atoms with Gasteiger partial charge in [0.25, 0.3) is 0 Å². The van der Waals surface area contributed by atoms with Gasteiger partial charge in [-0.3, -0.25) is 0 Å². The van der Waals surface area contributed by atoms with Crippen LogP contribution in [0.4, 0.5) is 0 Å². The molecule has 1 aromatic carbocycles. The number of phenolic OH excluding ortho intramolecular Hbond substituents is 2. The van der Waals surface area contributed by atoms with Gasteiger partial charge in [0.05, 0.1) is 0 Å². The van der Waals surface area contributed by atoms with Crippen molar-refractivity contribution in [2.24, 2.45) is 22.7 Å². The summed E-state index contributed by atoms with van der Waals surface area (Å²) < 4.78 is 5.71. The van der Waals surface area contributed by atoms with Crippen molar-refractivity contribution < 1.29 is 24.9 Å². The number of ether oxygens (including phenoxy) is 1. The van der Waals surface area contributed by atoms with Crippen molar-refractivity contribution in [3.63, 3.8) is 0 Å². The third kappa shape index (κ3) is 2.45. The third-order valence-electron chi connectivity index (χ3n) is 7.66. The number of fused-ring (bicyclic) bond motifs is 3. The maximum absolute atomic E-state index is 12.8. The molecule has 3 aliphatic rings. The average Bonchev–Trinajstić information content (AvgIpc) is 2.86. The van der Waals surface area contributed by atoms with Crippen LogP contribution in [-0.2, 0) is 4.74 Å². The van der Waals surface area contributed by atoms with Crippen molar-refractivity contribution in [2.45, 2.75) is 65.6 Å². The summed E-state index contributed by atoms with van der Waals surface area (Å²) in [5, 5.41) is 31.3. The first-order valence-corrected chi connectivity index (χ1v) is 10.0. The standard InChI is InChI=1S/C23H30O5/c1-12-6-15(24)8-17(25)19(12)20(26)28-18-11-22(5)16-10-21(3,4)9-14(16)7-13(2)23(18,22)27/h6-8,14,16,18,24-25,27H,9-11H2,1-5H3. The van der Waals surface area contributed by atoms with Crippen molar-refractivity contribution in [2.75, 3.05) is 0 Å². The SMILES string of the molecule is CC1=CC2CC(C)(C)CC2C2(C)CC(OC(=O)c3c(C)cc(O)cc3O)C12O. The molecule has 0 saturated heterocycles. The fourth-order valence-electron chi connectivity index (χ4n) is 6.33. The van der Waals surface area contributed by atoms with E-state index in [2.05, 4.69) is 26.8 Å². The van der Waals surface area contributed by atoms with Crippen LogP contribution in [0.3, 0.4) is 0 Å². The topological polar surface area (TPSA) is 87.0 Å². The number of aliphatic hydroxyl groups is 1. The Kier molecular flexibility index (Phi) is 3.97. The van der Waals surface area contributed by atoms with Crippen LogP contribution >= 0.6 is 0 Å². The number of hydrogen-bond acceptors (Lipinski definition) is 5. The van der Waals surface area contributed by atoms with Gasteiger partial charge in [-0.2, -0.15) is 0 Å². The largest absolute Gasteiger partial charge is 0.508 e. The van der Waals surface area contributed by atoms with Crippen molar-refractivity contribution in [1.29, 1.82) is 0 Å². The Morgan fingerprint density at radius 1 is 1.11 bits per heavy atom. The molecule has 5 atom stereocenters. The quantitative estimate of drug-likeness (QED) is 0.526. The highest BCUT2D eigenvalue weighted by Crippen LogP contribution is 2.68. The number of aromatic hydroxyl groups is 2. The number of benzene rings is 1. The number of aryl methyl sites for hydroxylation is 1. The van der Waals surface area contributed by atoms with Gasteiger partial charge >= 0.3 is 5.97 Å². The number of carbonyl (C=O) groups excluding carboxylic acids is 1. The zero-order valence-corrected chi connectivity index (χ0v) is 17.2. The van der Waals surface area contributed by atoms with Crippen LogP contribution < -0.4 is 0 Å². The molecule has 0 radical (unpaired) electrons. The van der Waals surface area contributed by atoms with Gasteiger partial charge < -0.3 is 20.1 Å². The minimum absolute atomic E-state index is 0.0346. The summed E-state index contributed by atoms with van der Waals surface area (Å²) in [5.41, 5.74) is 0.102. The molecular weight excluding hydrogens is 356 g/mol. The maximum atomic E-state index is 12.8. The second kappa shape index (κ2) is 5.76. The molecule has 0 bridgehead atoms. The van der Waals surface area contributed by atoms with Crippen molar-refractivity contribution in [3.05, 3.63) is 34.9 Å². The zero-order chi connectivity index (χ0) is 20.6. The lowest BCUT2D eigenvalue weighted by atomic mass is 9.44. The summed E-state index contributed by atoms with van der Waals surface area (Å²) in [6.45, 7) is 10.2. The van der Waals surface area contributed by atoms with E-state index in [4.69, 9.17) is 4.74 Å². The first-order chi connectivity index (χ1) is 12.9. The summed E-state index contributed by atoms with van der Waals surface area (Å²) in [7, 11) is 0. The predicted molar refractivity (Wildman–Crippen MR) is 105 cm³/mol. The summed E-state index contributed by atoms with van der Waals surface area (Å²) in [6, 6.07) is 2.53. The van der Waals surface area contributed by atoms with Crippen LogP contribution in [-0.4, -0.2) is 33.0 Å². The molecule has 2 fully saturated rings.